The predicted octanol–water partition coefficient (Wildman–Crippen LogP) is 4.31. The Hall–Kier alpha value is -1.88. The summed E-state index contributed by atoms with van der Waals surface area (Å²) in [5.74, 6) is 1.09. The van der Waals surface area contributed by atoms with Gasteiger partial charge < -0.3 is 20.3 Å². The van der Waals surface area contributed by atoms with Crippen LogP contribution >= 0.6 is 0 Å². The van der Waals surface area contributed by atoms with Crippen molar-refractivity contribution in [3.63, 3.8) is 0 Å². The molecular formula is C26H37N3O. The lowest BCUT2D eigenvalue weighted by molar-refractivity contribution is 0.00281. The molecular weight excluding hydrogens is 370 g/mol. The second-order valence-corrected chi connectivity index (χ2v) is 9.38. The summed E-state index contributed by atoms with van der Waals surface area (Å²) in [7, 11) is 4.34. The van der Waals surface area contributed by atoms with Crippen LogP contribution in [0.3, 0.4) is 0 Å². The smallest absolute Gasteiger partial charge is 0.123 e. The maximum atomic E-state index is 6.57. The molecule has 1 saturated heterocycles. The van der Waals surface area contributed by atoms with Crippen molar-refractivity contribution in [1.29, 1.82) is 0 Å². The predicted molar refractivity (Wildman–Crippen MR) is 125 cm³/mol. The highest BCUT2D eigenvalue weighted by Crippen LogP contribution is 2.43. The van der Waals surface area contributed by atoms with Gasteiger partial charge in [0.2, 0.25) is 0 Å². The first-order chi connectivity index (χ1) is 14.5. The topological polar surface area (TPSA) is 41.7 Å². The van der Waals surface area contributed by atoms with E-state index in [1.165, 1.54) is 35.1 Å². The van der Waals surface area contributed by atoms with Crippen LogP contribution in [0, 0.1) is 0 Å². The molecule has 2 aromatic rings. The van der Waals surface area contributed by atoms with E-state index < -0.39 is 0 Å². The van der Waals surface area contributed by atoms with Gasteiger partial charge in [-0.2, -0.15) is 0 Å². The quantitative estimate of drug-likeness (QED) is 0.743. The van der Waals surface area contributed by atoms with E-state index in [0.29, 0.717) is 12.6 Å². The monoisotopic (exact) mass is 407 g/mol. The van der Waals surface area contributed by atoms with Gasteiger partial charge in [-0.25, -0.2) is 0 Å². The Morgan fingerprint density at radius 3 is 2.40 bits per heavy atom. The fourth-order valence-corrected chi connectivity index (χ4v) is 5.07. The molecule has 0 bridgehead atoms. The first-order valence-electron chi connectivity index (χ1n) is 11.5. The van der Waals surface area contributed by atoms with Crippen molar-refractivity contribution in [2.75, 3.05) is 33.7 Å². The Morgan fingerprint density at radius 1 is 1.07 bits per heavy atom. The van der Waals surface area contributed by atoms with E-state index in [1.807, 2.05) is 0 Å². The molecule has 4 heteroatoms. The molecule has 0 saturated carbocycles. The molecule has 4 rings (SSSR count). The summed E-state index contributed by atoms with van der Waals surface area (Å²) in [6, 6.07) is 16.0. The largest absolute Gasteiger partial charge is 0.487 e. The highest BCUT2D eigenvalue weighted by Gasteiger charge is 2.42. The Balaban J connectivity index is 1.41. The fraction of sp³-hybridized carbons (Fsp3) is 0.538. The van der Waals surface area contributed by atoms with Crippen LogP contribution < -0.4 is 10.5 Å². The Bertz CT molecular complexity index is 838. The number of nitrogens with zero attached hydrogens (tertiary/aromatic N) is 2. The van der Waals surface area contributed by atoms with Gasteiger partial charge in [0.1, 0.15) is 11.4 Å². The van der Waals surface area contributed by atoms with Crippen LogP contribution in [-0.2, 0) is 13.0 Å². The zero-order valence-corrected chi connectivity index (χ0v) is 18.9. The molecule has 162 valence electrons. The number of nitrogens with two attached hydrogens (primary N) is 1. The van der Waals surface area contributed by atoms with Crippen LogP contribution in [0.5, 0.6) is 5.75 Å². The molecule has 1 fully saturated rings. The number of rotatable bonds is 7. The summed E-state index contributed by atoms with van der Waals surface area (Å²) < 4.78 is 6.57. The number of likely N-dealkylation sites (tertiary alicyclic amines) is 1. The van der Waals surface area contributed by atoms with Crippen molar-refractivity contribution in [2.24, 2.45) is 5.73 Å². The maximum Gasteiger partial charge on any atom is 0.123 e. The van der Waals surface area contributed by atoms with Crippen LogP contribution in [0.1, 0.15) is 43.7 Å². The molecule has 1 spiro atoms. The lowest BCUT2D eigenvalue weighted by Crippen LogP contribution is -2.50. The average Bonchev–Trinajstić information content (AvgIpc) is 3.12. The van der Waals surface area contributed by atoms with Gasteiger partial charge in [0, 0.05) is 44.9 Å². The minimum absolute atomic E-state index is 0.000697. The van der Waals surface area contributed by atoms with Crippen LogP contribution in [0.2, 0.25) is 0 Å². The summed E-state index contributed by atoms with van der Waals surface area (Å²) >= 11 is 0. The van der Waals surface area contributed by atoms with Gasteiger partial charge in [0.15, 0.2) is 0 Å². The normalized spacial score (nSPS) is 19.1. The van der Waals surface area contributed by atoms with E-state index >= 15 is 0 Å². The van der Waals surface area contributed by atoms with Gasteiger partial charge in [-0.15, -0.1) is 0 Å². The van der Waals surface area contributed by atoms with E-state index in [0.717, 1.165) is 44.6 Å². The van der Waals surface area contributed by atoms with E-state index in [-0.39, 0.29) is 5.60 Å². The lowest BCUT2D eigenvalue weighted by Gasteiger charge is -2.42. The molecule has 2 aliphatic rings. The third-order valence-corrected chi connectivity index (χ3v) is 7.03. The van der Waals surface area contributed by atoms with Crippen LogP contribution in [0.4, 0.5) is 0 Å². The Morgan fingerprint density at radius 2 is 1.77 bits per heavy atom. The van der Waals surface area contributed by atoms with Gasteiger partial charge in [0.25, 0.3) is 0 Å². The number of hydrogen-bond acceptors (Lipinski definition) is 4. The van der Waals surface area contributed by atoms with Gasteiger partial charge in [0.05, 0.1) is 0 Å². The third kappa shape index (κ3) is 4.56. The molecule has 2 heterocycles. The van der Waals surface area contributed by atoms with Crippen molar-refractivity contribution in [2.45, 2.75) is 57.2 Å². The SMILES string of the molecule is CCC(CCN(C)C)N1CCC2(CC1)Cc1cc(-c3ccc(CN)cc3)ccc1O2. The summed E-state index contributed by atoms with van der Waals surface area (Å²) in [4.78, 5) is 5.00. The molecule has 0 radical (unpaired) electrons. The second kappa shape index (κ2) is 9.09. The van der Waals surface area contributed by atoms with Gasteiger partial charge >= 0.3 is 0 Å². The van der Waals surface area contributed by atoms with Crippen LogP contribution in [0.15, 0.2) is 42.5 Å². The summed E-state index contributed by atoms with van der Waals surface area (Å²) in [6.07, 6.45) is 5.78. The van der Waals surface area contributed by atoms with Crippen molar-refractivity contribution in [3.05, 3.63) is 53.6 Å². The van der Waals surface area contributed by atoms with E-state index in [1.54, 1.807) is 0 Å². The molecule has 1 atom stereocenters. The maximum absolute atomic E-state index is 6.57. The molecule has 2 N–H and O–H groups in total. The summed E-state index contributed by atoms with van der Waals surface area (Å²) in [5, 5.41) is 0. The van der Waals surface area contributed by atoms with Crippen molar-refractivity contribution >= 4 is 0 Å². The number of fused-ring (bicyclic) bond motifs is 1. The minimum Gasteiger partial charge on any atom is -0.487 e. The Labute approximate surface area is 182 Å². The molecule has 1 unspecified atom stereocenters. The van der Waals surface area contributed by atoms with E-state index in [2.05, 4.69) is 73.3 Å². The van der Waals surface area contributed by atoms with Gasteiger partial charge in [-0.1, -0.05) is 37.3 Å². The van der Waals surface area contributed by atoms with Crippen LogP contribution in [0.25, 0.3) is 11.1 Å². The summed E-state index contributed by atoms with van der Waals surface area (Å²) in [6.45, 7) is 6.37. The average molecular weight is 408 g/mol. The molecule has 0 aromatic heterocycles. The van der Waals surface area contributed by atoms with Gasteiger partial charge in [-0.3, -0.25) is 0 Å². The second-order valence-electron chi connectivity index (χ2n) is 9.38. The third-order valence-electron chi connectivity index (χ3n) is 7.03. The first-order valence-corrected chi connectivity index (χ1v) is 11.5. The number of hydrogen-bond donors (Lipinski definition) is 1. The molecule has 4 nitrogen and oxygen atoms in total. The zero-order valence-electron chi connectivity index (χ0n) is 18.9. The fourth-order valence-electron chi connectivity index (χ4n) is 5.07. The highest BCUT2D eigenvalue weighted by molar-refractivity contribution is 5.66. The Kier molecular flexibility index (Phi) is 6.47. The van der Waals surface area contributed by atoms with Gasteiger partial charge in [-0.05, 0) is 67.9 Å². The minimum atomic E-state index is 0.000697. The highest BCUT2D eigenvalue weighted by atomic mass is 16.5. The number of benzene rings is 2. The van der Waals surface area contributed by atoms with Crippen molar-refractivity contribution < 1.29 is 4.74 Å². The lowest BCUT2D eigenvalue weighted by atomic mass is 9.85. The van der Waals surface area contributed by atoms with Crippen molar-refractivity contribution in [1.82, 2.24) is 9.80 Å². The number of piperidine rings is 1. The molecule has 0 aliphatic carbocycles. The zero-order chi connectivity index (χ0) is 21.1. The molecule has 2 aliphatic heterocycles. The molecule has 2 aromatic carbocycles. The molecule has 0 amide bonds. The standard InChI is InChI=1S/C26H37N3O/c1-4-24(11-14-28(2)3)29-15-12-26(13-16-29)18-23-17-22(9-10-25(23)30-26)21-7-5-20(19-27)6-8-21/h5-10,17,24H,4,11-16,18-19,27H2,1-3H3. The van der Waals surface area contributed by atoms with E-state index in [9.17, 15) is 0 Å². The molecule has 30 heavy (non-hydrogen) atoms. The number of ether oxygens (including phenoxy) is 1. The summed E-state index contributed by atoms with van der Waals surface area (Å²) in [5.41, 5.74) is 10.8. The van der Waals surface area contributed by atoms with Crippen LogP contribution in [-0.4, -0.2) is 55.2 Å². The first kappa shape index (κ1) is 21.4. The van der Waals surface area contributed by atoms with E-state index in [4.69, 9.17) is 10.5 Å². The van der Waals surface area contributed by atoms with Crippen molar-refractivity contribution in [3.8, 4) is 16.9 Å².